The van der Waals surface area contributed by atoms with Gasteiger partial charge in [0.2, 0.25) is 0 Å². The number of H-pyrrole nitrogens is 1. The molecule has 3 aromatic rings. The standard InChI is InChI=1S/C21H24N4O3/c1-12-19(13(2)28-25-12)21(27)24-15-7-5-6-14(10-15)23-20(26)17-11-22-18-9-4-3-8-16(17)18/h3-4,8-9,11,14-15,22H,5-7,10H2,1-2H3,(H,23,26)(H,24,27)/t14-,15+/m0/s1. The van der Waals surface area contributed by atoms with E-state index >= 15 is 0 Å². The summed E-state index contributed by atoms with van der Waals surface area (Å²) in [7, 11) is 0. The zero-order valence-corrected chi connectivity index (χ0v) is 16.0. The fraction of sp³-hybridized carbons (Fsp3) is 0.381. The summed E-state index contributed by atoms with van der Waals surface area (Å²) in [5.74, 6) is 0.278. The van der Waals surface area contributed by atoms with Crippen LogP contribution in [-0.2, 0) is 0 Å². The Kier molecular flexibility index (Phi) is 4.90. The van der Waals surface area contributed by atoms with Crippen molar-refractivity contribution >= 4 is 22.7 Å². The highest BCUT2D eigenvalue weighted by molar-refractivity contribution is 6.06. The number of amides is 2. The van der Waals surface area contributed by atoms with Crippen LogP contribution in [0.3, 0.4) is 0 Å². The van der Waals surface area contributed by atoms with E-state index in [0.29, 0.717) is 29.0 Å². The molecule has 0 bridgehead atoms. The minimum Gasteiger partial charge on any atom is -0.361 e. The molecule has 3 N–H and O–H groups in total. The highest BCUT2D eigenvalue weighted by Crippen LogP contribution is 2.22. The van der Waals surface area contributed by atoms with Crippen LogP contribution in [0.5, 0.6) is 0 Å². The van der Waals surface area contributed by atoms with Gasteiger partial charge in [0, 0.05) is 29.2 Å². The summed E-state index contributed by atoms with van der Waals surface area (Å²) in [5.41, 5.74) is 2.69. The summed E-state index contributed by atoms with van der Waals surface area (Å²) in [6.07, 6.45) is 5.22. The molecule has 28 heavy (non-hydrogen) atoms. The number of carbonyl (C=O) groups excluding carboxylic acids is 2. The van der Waals surface area contributed by atoms with Gasteiger partial charge in [-0.1, -0.05) is 23.4 Å². The van der Waals surface area contributed by atoms with Crippen molar-refractivity contribution in [3.8, 4) is 0 Å². The Bertz CT molecular complexity index is 1000. The van der Waals surface area contributed by atoms with E-state index in [4.69, 9.17) is 4.52 Å². The molecule has 2 heterocycles. The lowest BCUT2D eigenvalue weighted by Crippen LogP contribution is -2.45. The molecule has 1 aliphatic rings. The van der Waals surface area contributed by atoms with Crippen molar-refractivity contribution in [3.05, 3.63) is 53.0 Å². The maximum Gasteiger partial charge on any atom is 0.257 e. The number of para-hydroxylation sites is 1. The van der Waals surface area contributed by atoms with Gasteiger partial charge in [0.25, 0.3) is 11.8 Å². The van der Waals surface area contributed by atoms with Gasteiger partial charge in [0.1, 0.15) is 11.3 Å². The van der Waals surface area contributed by atoms with E-state index in [2.05, 4.69) is 20.8 Å². The Morgan fingerprint density at radius 1 is 1.11 bits per heavy atom. The normalized spacial score (nSPS) is 19.5. The molecule has 0 saturated heterocycles. The van der Waals surface area contributed by atoms with Crippen LogP contribution in [0.15, 0.2) is 35.0 Å². The van der Waals surface area contributed by atoms with Crippen molar-refractivity contribution < 1.29 is 14.1 Å². The number of hydrogen-bond donors (Lipinski definition) is 3. The van der Waals surface area contributed by atoms with Crippen molar-refractivity contribution in [3.63, 3.8) is 0 Å². The van der Waals surface area contributed by atoms with E-state index in [9.17, 15) is 9.59 Å². The minimum atomic E-state index is -0.162. The monoisotopic (exact) mass is 380 g/mol. The van der Waals surface area contributed by atoms with Crippen molar-refractivity contribution in [1.82, 2.24) is 20.8 Å². The number of aryl methyl sites for hydroxylation is 2. The highest BCUT2D eigenvalue weighted by Gasteiger charge is 2.27. The summed E-state index contributed by atoms with van der Waals surface area (Å²) in [6, 6.07) is 7.80. The highest BCUT2D eigenvalue weighted by atomic mass is 16.5. The zero-order chi connectivity index (χ0) is 19.7. The van der Waals surface area contributed by atoms with Crippen LogP contribution in [-0.4, -0.2) is 34.0 Å². The lowest BCUT2D eigenvalue weighted by molar-refractivity contribution is 0.0903. The maximum absolute atomic E-state index is 12.8. The second-order valence-electron chi connectivity index (χ2n) is 7.45. The fourth-order valence-electron chi connectivity index (χ4n) is 4.04. The Morgan fingerprint density at radius 3 is 2.54 bits per heavy atom. The van der Waals surface area contributed by atoms with Gasteiger partial charge in [-0.15, -0.1) is 0 Å². The van der Waals surface area contributed by atoms with Crippen LogP contribution in [0.4, 0.5) is 0 Å². The molecule has 2 aromatic heterocycles. The smallest absolute Gasteiger partial charge is 0.257 e. The van der Waals surface area contributed by atoms with Crippen LogP contribution in [0.1, 0.15) is 57.9 Å². The van der Waals surface area contributed by atoms with Crippen molar-refractivity contribution in [2.45, 2.75) is 51.6 Å². The van der Waals surface area contributed by atoms with Crippen LogP contribution >= 0.6 is 0 Å². The lowest BCUT2D eigenvalue weighted by atomic mass is 9.90. The summed E-state index contributed by atoms with van der Waals surface area (Å²) < 4.78 is 5.09. The van der Waals surface area contributed by atoms with Gasteiger partial charge in [0.15, 0.2) is 0 Å². The third-order valence-electron chi connectivity index (χ3n) is 5.44. The lowest BCUT2D eigenvalue weighted by Gasteiger charge is -2.30. The predicted molar refractivity (Wildman–Crippen MR) is 105 cm³/mol. The first-order valence-electron chi connectivity index (χ1n) is 9.63. The van der Waals surface area contributed by atoms with Gasteiger partial charge < -0.3 is 20.1 Å². The maximum atomic E-state index is 12.8. The zero-order valence-electron chi connectivity index (χ0n) is 16.0. The van der Waals surface area contributed by atoms with Crippen LogP contribution < -0.4 is 10.6 Å². The van der Waals surface area contributed by atoms with E-state index in [1.165, 1.54) is 0 Å². The molecule has 2 atom stereocenters. The van der Waals surface area contributed by atoms with Gasteiger partial charge in [-0.05, 0) is 45.6 Å². The number of benzene rings is 1. The summed E-state index contributed by atoms with van der Waals surface area (Å²) in [6.45, 7) is 3.50. The molecular weight excluding hydrogens is 356 g/mol. The summed E-state index contributed by atoms with van der Waals surface area (Å²) in [5, 5.41) is 11.0. The van der Waals surface area contributed by atoms with Crippen molar-refractivity contribution in [2.75, 3.05) is 0 Å². The molecule has 1 saturated carbocycles. The molecule has 7 nitrogen and oxygen atoms in total. The minimum absolute atomic E-state index is 0.0169. The van der Waals surface area contributed by atoms with E-state index in [-0.39, 0.29) is 23.9 Å². The SMILES string of the molecule is Cc1noc(C)c1C(=O)N[C@@H]1CCC[C@H](NC(=O)c2c[nH]c3ccccc23)C1. The molecule has 0 aliphatic heterocycles. The average molecular weight is 380 g/mol. The molecule has 1 fully saturated rings. The van der Waals surface area contributed by atoms with Gasteiger partial charge in [0.05, 0.1) is 11.3 Å². The number of aromatic amines is 1. The third-order valence-corrected chi connectivity index (χ3v) is 5.44. The van der Waals surface area contributed by atoms with Gasteiger partial charge in [-0.2, -0.15) is 0 Å². The predicted octanol–water partition coefficient (Wildman–Crippen LogP) is 3.24. The number of nitrogens with one attached hydrogen (secondary N) is 3. The molecule has 7 heteroatoms. The molecular formula is C21H24N4O3. The molecule has 146 valence electrons. The molecule has 0 radical (unpaired) electrons. The number of fused-ring (bicyclic) bond motifs is 1. The summed E-state index contributed by atoms with van der Waals surface area (Å²) >= 11 is 0. The molecule has 1 aromatic carbocycles. The van der Waals surface area contributed by atoms with E-state index in [0.717, 1.165) is 30.2 Å². The quantitative estimate of drug-likeness (QED) is 0.647. The van der Waals surface area contributed by atoms with Gasteiger partial charge >= 0.3 is 0 Å². The number of carbonyl (C=O) groups is 2. The van der Waals surface area contributed by atoms with Crippen LogP contribution in [0.25, 0.3) is 10.9 Å². The van der Waals surface area contributed by atoms with Gasteiger partial charge in [-0.3, -0.25) is 9.59 Å². The number of rotatable bonds is 4. The Labute approximate surface area is 162 Å². The van der Waals surface area contributed by atoms with E-state index in [1.54, 1.807) is 20.0 Å². The first-order valence-corrected chi connectivity index (χ1v) is 9.63. The Balaban J connectivity index is 1.40. The number of aromatic nitrogens is 2. The number of nitrogens with zero attached hydrogens (tertiary/aromatic N) is 1. The fourth-order valence-corrected chi connectivity index (χ4v) is 4.04. The second kappa shape index (κ2) is 7.50. The molecule has 0 unspecified atom stereocenters. The van der Waals surface area contributed by atoms with Gasteiger partial charge in [-0.25, -0.2) is 0 Å². The number of hydrogen-bond acceptors (Lipinski definition) is 4. The largest absolute Gasteiger partial charge is 0.361 e. The third kappa shape index (κ3) is 3.52. The molecule has 2 amide bonds. The van der Waals surface area contributed by atoms with Crippen molar-refractivity contribution in [2.24, 2.45) is 0 Å². The first-order chi connectivity index (χ1) is 13.5. The van der Waals surface area contributed by atoms with Crippen molar-refractivity contribution in [1.29, 1.82) is 0 Å². The Hall–Kier alpha value is -3.09. The second-order valence-corrected chi connectivity index (χ2v) is 7.45. The average Bonchev–Trinajstić information content (AvgIpc) is 3.25. The molecule has 1 aliphatic carbocycles. The van der Waals surface area contributed by atoms with E-state index in [1.807, 2.05) is 24.3 Å². The molecule has 4 rings (SSSR count). The van der Waals surface area contributed by atoms with Crippen LogP contribution in [0, 0.1) is 13.8 Å². The topological polar surface area (TPSA) is 100 Å². The van der Waals surface area contributed by atoms with Crippen LogP contribution in [0.2, 0.25) is 0 Å². The summed E-state index contributed by atoms with van der Waals surface area (Å²) in [4.78, 5) is 28.5. The van der Waals surface area contributed by atoms with E-state index < -0.39 is 0 Å². The Morgan fingerprint density at radius 2 is 1.82 bits per heavy atom. The molecule has 0 spiro atoms. The first kappa shape index (κ1) is 18.3.